The summed E-state index contributed by atoms with van der Waals surface area (Å²) in [6.07, 6.45) is -3.51. The van der Waals surface area contributed by atoms with Crippen LogP contribution in [0.5, 0.6) is 17.2 Å². The third kappa shape index (κ3) is 6.54. The van der Waals surface area contributed by atoms with Gasteiger partial charge in [-0.25, -0.2) is 4.39 Å². The van der Waals surface area contributed by atoms with Gasteiger partial charge in [0.25, 0.3) is 0 Å². The van der Waals surface area contributed by atoms with E-state index in [1.54, 1.807) is 31.2 Å². The molecule has 0 amide bonds. The number of oxime groups is 1. The Kier molecular flexibility index (Phi) is 8.39. The number of fused-ring (bicyclic) bond motifs is 1. The van der Waals surface area contributed by atoms with Gasteiger partial charge in [0.15, 0.2) is 11.6 Å². The van der Waals surface area contributed by atoms with Crippen LogP contribution in [-0.2, 0) is 20.5 Å². The molecule has 0 fully saturated rings. The van der Waals surface area contributed by atoms with Crippen molar-refractivity contribution < 1.29 is 41.4 Å². The summed E-state index contributed by atoms with van der Waals surface area (Å²) in [6, 6.07) is 10.8. The summed E-state index contributed by atoms with van der Waals surface area (Å²) in [5.74, 6) is -2.67. The van der Waals surface area contributed by atoms with E-state index in [2.05, 4.69) is 9.99 Å². The lowest BCUT2D eigenvalue weighted by Crippen LogP contribution is -2.25. The second kappa shape index (κ2) is 11.3. The standard InChI is InChI=1S/C24H20ClF4NO5/c1-3-33-23(31)16(12-30-32-2)13-34-17-6-4-14-5-7-18(11-15(14)10-17)35-22-20(26)9-8-19(21(22)25)24(27,28)29/h4-12,16H,3,13H2,1-2H3. The number of esters is 1. The lowest BCUT2D eigenvalue weighted by Gasteiger charge is -2.15. The molecule has 3 aromatic rings. The summed E-state index contributed by atoms with van der Waals surface area (Å²) >= 11 is 5.78. The van der Waals surface area contributed by atoms with E-state index in [1.165, 1.54) is 25.5 Å². The van der Waals surface area contributed by atoms with Gasteiger partial charge < -0.3 is 19.0 Å². The maximum absolute atomic E-state index is 14.2. The fraction of sp³-hybridized carbons (Fsp3) is 0.250. The Bertz CT molecular complexity index is 1230. The van der Waals surface area contributed by atoms with Crippen molar-refractivity contribution in [1.82, 2.24) is 0 Å². The Morgan fingerprint density at radius 1 is 1.09 bits per heavy atom. The molecule has 3 rings (SSSR count). The maximum atomic E-state index is 14.2. The third-order valence-electron chi connectivity index (χ3n) is 4.72. The number of halogens is 5. The number of carbonyl (C=O) groups is 1. The van der Waals surface area contributed by atoms with E-state index in [-0.39, 0.29) is 19.0 Å². The molecule has 186 valence electrons. The highest BCUT2D eigenvalue weighted by Gasteiger charge is 2.35. The number of hydrogen-bond acceptors (Lipinski definition) is 6. The number of alkyl halides is 3. The Labute approximate surface area is 203 Å². The molecule has 0 saturated heterocycles. The number of rotatable bonds is 9. The predicted octanol–water partition coefficient (Wildman–Crippen LogP) is 6.63. The van der Waals surface area contributed by atoms with Crippen LogP contribution < -0.4 is 9.47 Å². The first-order chi connectivity index (χ1) is 16.6. The number of ether oxygens (including phenoxy) is 3. The van der Waals surface area contributed by atoms with Crippen LogP contribution in [0.3, 0.4) is 0 Å². The van der Waals surface area contributed by atoms with Gasteiger partial charge in [-0.05, 0) is 54.1 Å². The minimum atomic E-state index is -4.77. The molecular formula is C24H20ClF4NO5. The van der Waals surface area contributed by atoms with E-state index in [4.69, 9.17) is 25.8 Å². The van der Waals surface area contributed by atoms with Crippen LogP contribution in [0, 0.1) is 11.7 Å². The van der Waals surface area contributed by atoms with Crippen molar-refractivity contribution in [2.75, 3.05) is 20.3 Å². The van der Waals surface area contributed by atoms with Crippen LogP contribution in [-0.4, -0.2) is 32.5 Å². The molecule has 3 aromatic carbocycles. The zero-order valence-electron chi connectivity index (χ0n) is 18.6. The van der Waals surface area contributed by atoms with Crippen LogP contribution in [0.4, 0.5) is 17.6 Å². The zero-order valence-corrected chi connectivity index (χ0v) is 19.3. The third-order valence-corrected chi connectivity index (χ3v) is 5.10. The van der Waals surface area contributed by atoms with Gasteiger partial charge in [0, 0.05) is 0 Å². The first-order valence-corrected chi connectivity index (χ1v) is 10.6. The van der Waals surface area contributed by atoms with Crippen LogP contribution in [0.15, 0.2) is 53.7 Å². The van der Waals surface area contributed by atoms with Gasteiger partial charge in [0.1, 0.15) is 31.1 Å². The first-order valence-electron chi connectivity index (χ1n) is 10.3. The van der Waals surface area contributed by atoms with Gasteiger partial charge >= 0.3 is 12.1 Å². The molecule has 0 heterocycles. The second-order valence-corrected chi connectivity index (χ2v) is 7.49. The van der Waals surface area contributed by atoms with Gasteiger partial charge in [-0.15, -0.1) is 0 Å². The average Bonchev–Trinajstić information content (AvgIpc) is 2.80. The Morgan fingerprint density at radius 3 is 2.43 bits per heavy atom. The minimum Gasteiger partial charge on any atom is -0.492 e. The van der Waals surface area contributed by atoms with Gasteiger partial charge in [-0.3, -0.25) is 4.79 Å². The number of carbonyl (C=O) groups excluding carboxylic acids is 1. The zero-order chi connectivity index (χ0) is 25.6. The highest BCUT2D eigenvalue weighted by atomic mass is 35.5. The number of benzene rings is 3. The van der Waals surface area contributed by atoms with E-state index >= 15 is 0 Å². The van der Waals surface area contributed by atoms with Crippen molar-refractivity contribution in [3.8, 4) is 17.2 Å². The van der Waals surface area contributed by atoms with Crippen LogP contribution >= 0.6 is 11.6 Å². The largest absolute Gasteiger partial charge is 0.492 e. The fourth-order valence-corrected chi connectivity index (χ4v) is 3.36. The molecular weight excluding hydrogens is 494 g/mol. The molecule has 0 aromatic heterocycles. The Hall–Kier alpha value is -3.53. The van der Waals surface area contributed by atoms with E-state index in [9.17, 15) is 22.4 Å². The molecule has 0 aliphatic rings. The van der Waals surface area contributed by atoms with E-state index < -0.39 is 40.2 Å². The fourth-order valence-electron chi connectivity index (χ4n) is 3.06. The van der Waals surface area contributed by atoms with Crippen LogP contribution in [0.2, 0.25) is 5.02 Å². The van der Waals surface area contributed by atoms with Crippen molar-refractivity contribution >= 4 is 34.6 Å². The second-order valence-electron chi connectivity index (χ2n) is 7.12. The molecule has 11 heteroatoms. The van der Waals surface area contributed by atoms with Gasteiger partial charge in [-0.1, -0.05) is 28.9 Å². The minimum absolute atomic E-state index is 0.0615. The number of nitrogens with zero attached hydrogens (tertiary/aromatic N) is 1. The van der Waals surface area contributed by atoms with Crippen molar-refractivity contribution in [3.63, 3.8) is 0 Å². The molecule has 0 aliphatic heterocycles. The Balaban J connectivity index is 1.84. The molecule has 0 saturated carbocycles. The van der Waals surface area contributed by atoms with E-state index in [0.29, 0.717) is 23.3 Å². The van der Waals surface area contributed by atoms with E-state index in [0.717, 1.165) is 5.39 Å². The summed E-state index contributed by atoms with van der Waals surface area (Å²) in [4.78, 5) is 16.7. The van der Waals surface area contributed by atoms with Crippen molar-refractivity contribution in [2.24, 2.45) is 11.1 Å². The molecule has 0 radical (unpaired) electrons. The molecule has 0 N–H and O–H groups in total. The molecule has 6 nitrogen and oxygen atoms in total. The van der Waals surface area contributed by atoms with Crippen LogP contribution in [0.1, 0.15) is 12.5 Å². The molecule has 35 heavy (non-hydrogen) atoms. The van der Waals surface area contributed by atoms with Crippen molar-refractivity contribution in [3.05, 3.63) is 64.9 Å². The Morgan fingerprint density at radius 2 is 1.77 bits per heavy atom. The van der Waals surface area contributed by atoms with Crippen molar-refractivity contribution in [1.29, 1.82) is 0 Å². The SMILES string of the molecule is CCOC(=O)C(C=NOC)COc1ccc2ccc(Oc3c(F)ccc(C(F)(F)F)c3Cl)cc2c1. The lowest BCUT2D eigenvalue weighted by molar-refractivity contribution is -0.146. The lowest BCUT2D eigenvalue weighted by atomic mass is 10.1. The summed E-state index contributed by atoms with van der Waals surface area (Å²) < 4.78 is 69.6. The molecule has 0 spiro atoms. The summed E-state index contributed by atoms with van der Waals surface area (Å²) in [5, 5.41) is 4.05. The summed E-state index contributed by atoms with van der Waals surface area (Å²) in [5.41, 5.74) is -1.21. The first kappa shape index (κ1) is 26.1. The molecule has 1 unspecified atom stereocenters. The summed E-state index contributed by atoms with van der Waals surface area (Å²) in [7, 11) is 1.33. The molecule has 1 atom stereocenters. The van der Waals surface area contributed by atoms with E-state index in [1.807, 2.05) is 0 Å². The quantitative estimate of drug-likeness (QED) is 0.139. The van der Waals surface area contributed by atoms with Gasteiger partial charge in [-0.2, -0.15) is 13.2 Å². The van der Waals surface area contributed by atoms with Gasteiger partial charge in [0.05, 0.1) is 23.4 Å². The highest BCUT2D eigenvalue weighted by molar-refractivity contribution is 6.33. The smallest absolute Gasteiger partial charge is 0.417 e. The monoisotopic (exact) mass is 513 g/mol. The van der Waals surface area contributed by atoms with Gasteiger partial charge in [0.2, 0.25) is 0 Å². The highest BCUT2D eigenvalue weighted by Crippen LogP contribution is 2.42. The van der Waals surface area contributed by atoms with Crippen molar-refractivity contribution in [2.45, 2.75) is 13.1 Å². The topological polar surface area (TPSA) is 66.4 Å². The normalized spacial score (nSPS) is 12.5. The average molecular weight is 514 g/mol. The maximum Gasteiger partial charge on any atom is 0.417 e. The summed E-state index contributed by atoms with van der Waals surface area (Å²) in [6.45, 7) is 1.77. The predicted molar refractivity (Wildman–Crippen MR) is 122 cm³/mol. The molecule has 0 bridgehead atoms. The molecule has 0 aliphatic carbocycles. The van der Waals surface area contributed by atoms with Crippen LogP contribution in [0.25, 0.3) is 10.8 Å². The number of hydrogen-bond donors (Lipinski definition) is 0.